The number of hydrogen-bond acceptors (Lipinski definition) is 4. The summed E-state index contributed by atoms with van der Waals surface area (Å²) in [6, 6.07) is 0. The van der Waals surface area contributed by atoms with Gasteiger partial charge in [0.15, 0.2) is 0 Å². The molecule has 1 aliphatic carbocycles. The Bertz CT molecular complexity index is 435. The van der Waals surface area contributed by atoms with Crippen molar-refractivity contribution in [3.63, 3.8) is 0 Å². The first-order valence-corrected chi connectivity index (χ1v) is 7.73. The predicted octanol–water partition coefficient (Wildman–Crippen LogP) is 0.149. The van der Waals surface area contributed by atoms with E-state index in [1.165, 1.54) is 11.4 Å². The Balaban J connectivity index is 2.14. The summed E-state index contributed by atoms with van der Waals surface area (Å²) >= 11 is 0. The van der Waals surface area contributed by atoms with Gasteiger partial charge in [0.05, 0.1) is 17.8 Å². The van der Waals surface area contributed by atoms with Crippen molar-refractivity contribution in [3.05, 3.63) is 0 Å². The first-order valence-electron chi connectivity index (χ1n) is 6.12. The average molecular weight is 277 g/mol. The molecule has 18 heavy (non-hydrogen) atoms. The fourth-order valence-electron chi connectivity index (χ4n) is 3.12. The molecule has 1 N–H and O–H groups in total. The van der Waals surface area contributed by atoms with Gasteiger partial charge in [0.1, 0.15) is 0 Å². The number of aliphatic carboxylic acids is 1. The molecule has 0 radical (unpaired) electrons. The van der Waals surface area contributed by atoms with Gasteiger partial charge in [-0.3, -0.25) is 4.79 Å². The summed E-state index contributed by atoms with van der Waals surface area (Å²) in [5.74, 6) is -0.965. The van der Waals surface area contributed by atoms with Crippen molar-refractivity contribution in [2.24, 2.45) is 11.3 Å². The Labute approximate surface area is 107 Å². The third-order valence-corrected chi connectivity index (χ3v) is 5.95. The van der Waals surface area contributed by atoms with Crippen LogP contribution in [0.5, 0.6) is 0 Å². The number of carbonyl (C=O) groups is 1. The minimum atomic E-state index is -3.39. The van der Waals surface area contributed by atoms with Crippen molar-refractivity contribution < 1.29 is 23.1 Å². The first kappa shape index (κ1) is 13.8. The minimum absolute atomic E-state index is 0.0349. The maximum absolute atomic E-state index is 12.0. The molecule has 0 aromatic carbocycles. The zero-order valence-electron chi connectivity index (χ0n) is 10.5. The number of carboxylic acids is 1. The molecule has 0 aromatic rings. The number of rotatable bonds is 5. The van der Waals surface area contributed by atoms with Gasteiger partial charge in [-0.05, 0) is 18.8 Å². The number of sulfonamides is 1. The summed E-state index contributed by atoms with van der Waals surface area (Å²) in [5, 5.41) is 9.39. The lowest BCUT2D eigenvalue weighted by Crippen LogP contribution is -2.38. The molecule has 0 amide bonds. The SMILES string of the molecule is COCCS(=O)(=O)N1C[C@@H]2CCC[C@@]2(C(=O)O)C1. The summed E-state index contributed by atoms with van der Waals surface area (Å²) in [6.07, 6.45) is 2.27. The van der Waals surface area contributed by atoms with Crippen LogP contribution in [-0.4, -0.2) is 56.4 Å². The molecule has 1 saturated heterocycles. The van der Waals surface area contributed by atoms with Crippen LogP contribution in [0.1, 0.15) is 19.3 Å². The molecule has 2 rings (SSSR count). The normalized spacial score (nSPS) is 32.6. The lowest BCUT2D eigenvalue weighted by molar-refractivity contribution is -0.149. The molecule has 7 heteroatoms. The maximum Gasteiger partial charge on any atom is 0.311 e. The fraction of sp³-hybridized carbons (Fsp3) is 0.909. The van der Waals surface area contributed by atoms with E-state index < -0.39 is 21.4 Å². The Morgan fingerprint density at radius 1 is 1.56 bits per heavy atom. The first-order chi connectivity index (χ1) is 8.42. The summed E-state index contributed by atoms with van der Waals surface area (Å²) in [4.78, 5) is 11.4. The van der Waals surface area contributed by atoms with E-state index in [0.717, 1.165) is 12.8 Å². The van der Waals surface area contributed by atoms with Gasteiger partial charge in [-0.15, -0.1) is 0 Å². The molecule has 2 fully saturated rings. The molecule has 0 spiro atoms. The highest BCUT2D eigenvalue weighted by Gasteiger charge is 2.56. The molecule has 1 heterocycles. The molecule has 0 bridgehead atoms. The topological polar surface area (TPSA) is 83.9 Å². The van der Waals surface area contributed by atoms with Gasteiger partial charge >= 0.3 is 5.97 Å². The van der Waals surface area contributed by atoms with Crippen molar-refractivity contribution in [1.82, 2.24) is 4.31 Å². The van der Waals surface area contributed by atoms with E-state index in [-0.39, 0.29) is 24.8 Å². The number of nitrogens with zero attached hydrogens (tertiary/aromatic N) is 1. The highest BCUT2D eigenvalue weighted by molar-refractivity contribution is 7.89. The molecular weight excluding hydrogens is 258 g/mol. The van der Waals surface area contributed by atoms with Gasteiger partial charge in [0.25, 0.3) is 0 Å². The highest BCUT2D eigenvalue weighted by Crippen LogP contribution is 2.49. The third-order valence-electron chi connectivity index (χ3n) is 4.20. The van der Waals surface area contributed by atoms with Crippen LogP contribution in [0.2, 0.25) is 0 Å². The van der Waals surface area contributed by atoms with Crippen LogP contribution < -0.4 is 0 Å². The molecule has 1 aliphatic heterocycles. The Morgan fingerprint density at radius 2 is 2.28 bits per heavy atom. The van der Waals surface area contributed by atoms with Crippen molar-refractivity contribution in [1.29, 1.82) is 0 Å². The van der Waals surface area contributed by atoms with Crippen LogP contribution in [0.25, 0.3) is 0 Å². The van der Waals surface area contributed by atoms with E-state index in [4.69, 9.17) is 4.74 Å². The Morgan fingerprint density at radius 3 is 2.83 bits per heavy atom. The van der Waals surface area contributed by atoms with Crippen molar-refractivity contribution in [2.45, 2.75) is 19.3 Å². The van der Waals surface area contributed by atoms with E-state index in [1.807, 2.05) is 0 Å². The molecule has 104 valence electrons. The molecule has 0 unspecified atom stereocenters. The van der Waals surface area contributed by atoms with Crippen LogP contribution in [0.15, 0.2) is 0 Å². The van der Waals surface area contributed by atoms with Gasteiger partial charge in [-0.25, -0.2) is 12.7 Å². The van der Waals surface area contributed by atoms with Crippen LogP contribution in [-0.2, 0) is 19.6 Å². The van der Waals surface area contributed by atoms with Gasteiger partial charge in [0.2, 0.25) is 10.0 Å². The molecule has 1 saturated carbocycles. The summed E-state index contributed by atoms with van der Waals surface area (Å²) in [7, 11) is -1.94. The zero-order chi connectivity index (χ0) is 13.4. The van der Waals surface area contributed by atoms with Crippen LogP contribution >= 0.6 is 0 Å². The Kier molecular flexibility index (Phi) is 3.66. The van der Waals surface area contributed by atoms with E-state index >= 15 is 0 Å². The molecular formula is C11H19NO5S. The van der Waals surface area contributed by atoms with E-state index in [2.05, 4.69) is 0 Å². The number of carboxylic acid groups (broad SMARTS) is 1. The largest absolute Gasteiger partial charge is 0.481 e. The van der Waals surface area contributed by atoms with E-state index in [0.29, 0.717) is 13.0 Å². The standard InChI is InChI=1S/C11H19NO5S/c1-17-5-6-18(15,16)12-7-9-3-2-4-11(9,8-12)10(13)14/h9H,2-8H2,1H3,(H,13,14)/t9-,11+/m0/s1. The van der Waals surface area contributed by atoms with Crippen LogP contribution in [0, 0.1) is 11.3 Å². The number of methoxy groups -OCH3 is 1. The lowest BCUT2D eigenvalue weighted by Gasteiger charge is -2.23. The minimum Gasteiger partial charge on any atom is -0.481 e. The van der Waals surface area contributed by atoms with Crippen LogP contribution in [0.3, 0.4) is 0 Å². The van der Waals surface area contributed by atoms with Gasteiger partial charge in [0, 0.05) is 20.2 Å². The average Bonchev–Trinajstić information content (AvgIpc) is 2.83. The van der Waals surface area contributed by atoms with Crippen molar-refractivity contribution in [3.8, 4) is 0 Å². The lowest BCUT2D eigenvalue weighted by atomic mass is 9.81. The summed E-state index contributed by atoms with van der Waals surface area (Å²) in [5.41, 5.74) is -0.847. The second-order valence-corrected chi connectivity index (χ2v) is 7.24. The zero-order valence-corrected chi connectivity index (χ0v) is 11.3. The van der Waals surface area contributed by atoms with Gasteiger partial charge in [-0.1, -0.05) is 6.42 Å². The van der Waals surface area contributed by atoms with Gasteiger partial charge < -0.3 is 9.84 Å². The number of hydrogen-bond donors (Lipinski definition) is 1. The second kappa shape index (κ2) is 4.79. The molecule has 0 aromatic heterocycles. The number of fused-ring (bicyclic) bond motifs is 1. The van der Waals surface area contributed by atoms with Crippen molar-refractivity contribution >= 4 is 16.0 Å². The number of ether oxygens (including phenoxy) is 1. The van der Waals surface area contributed by atoms with E-state index in [9.17, 15) is 18.3 Å². The quantitative estimate of drug-likeness (QED) is 0.773. The summed E-state index contributed by atoms with van der Waals surface area (Å²) in [6.45, 7) is 0.612. The molecule has 2 aliphatic rings. The third kappa shape index (κ3) is 2.15. The fourth-order valence-corrected chi connectivity index (χ4v) is 4.59. The monoisotopic (exact) mass is 277 g/mol. The van der Waals surface area contributed by atoms with Crippen molar-refractivity contribution in [2.75, 3.05) is 32.6 Å². The molecule has 2 atom stereocenters. The smallest absolute Gasteiger partial charge is 0.311 e. The second-order valence-electron chi connectivity index (χ2n) is 5.15. The van der Waals surface area contributed by atoms with E-state index in [1.54, 1.807) is 0 Å². The highest BCUT2D eigenvalue weighted by atomic mass is 32.2. The maximum atomic E-state index is 12.0. The van der Waals surface area contributed by atoms with Crippen LogP contribution in [0.4, 0.5) is 0 Å². The summed E-state index contributed by atoms with van der Waals surface area (Å²) < 4.78 is 30.2. The Hall–Kier alpha value is -0.660. The predicted molar refractivity (Wildman–Crippen MR) is 64.6 cm³/mol. The van der Waals surface area contributed by atoms with Gasteiger partial charge in [-0.2, -0.15) is 0 Å². The molecule has 6 nitrogen and oxygen atoms in total.